The Morgan fingerprint density at radius 1 is 1.25 bits per heavy atom. The first-order valence-electron chi connectivity index (χ1n) is 4.54. The Morgan fingerprint density at radius 2 is 1.92 bits per heavy atom. The number of hydrogen-bond donors (Lipinski definition) is 1. The zero-order valence-corrected chi connectivity index (χ0v) is 8.10. The van der Waals surface area contributed by atoms with Crippen LogP contribution < -0.4 is 5.73 Å². The van der Waals surface area contributed by atoms with E-state index in [2.05, 4.69) is 0 Å². The van der Waals surface area contributed by atoms with Crippen LogP contribution in [0.5, 0.6) is 0 Å². The smallest absolute Gasteiger partial charge is 0.155 e. The van der Waals surface area contributed by atoms with Gasteiger partial charge in [0.25, 0.3) is 0 Å². The molecule has 0 aromatic carbocycles. The summed E-state index contributed by atoms with van der Waals surface area (Å²) in [6.45, 7) is 4.62. The molecular formula is C10H19NO. The highest BCUT2D eigenvalue weighted by Gasteiger charge is 1.96. The Hall–Kier alpha value is -0.630. The molecule has 0 aliphatic rings. The summed E-state index contributed by atoms with van der Waals surface area (Å²) in [5, 5.41) is 0. The molecule has 0 amide bonds. The van der Waals surface area contributed by atoms with Crippen molar-refractivity contribution in [2.24, 2.45) is 5.73 Å². The lowest BCUT2D eigenvalue weighted by Crippen LogP contribution is -1.99. The second kappa shape index (κ2) is 7.04. The van der Waals surface area contributed by atoms with Crippen molar-refractivity contribution in [3.63, 3.8) is 0 Å². The summed E-state index contributed by atoms with van der Waals surface area (Å²) in [5.74, 6) is 0.243. The van der Waals surface area contributed by atoms with E-state index in [1.54, 1.807) is 6.08 Å². The summed E-state index contributed by atoms with van der Waals surface area (Å²) >= 11 is 0. The van der Waals surface area contributed by atoms with E-state index < -0.39 is 0 Å². The van der Waals surface area contributed by atoms with E-state index in [1.165, 1.54) is 0 Å². The van der Waals surface area contributed by atoms with Gasteiger partial charge in [-0.3, -0.25) is 4.79 Å². The number of hydrogen-bond acceptors (Lipinski definition) is 2. The summed E-state index contributed by atoms with van der Waals surface area (Å²) in [5.41, 5.74) is 6.41. The summed E-state index contributed by atoms with van der Waals surface area (Å²) in [4.78, 5) is 11.1. The Balaban J connectivity index is 3.39. The number of carbonyl (C=O) groups is 1. The van der Waals surface area contributed by atoms with Gasteiger partial charge in [-0.2, -0.15) is 0 Å². The number of carbonyl (C=O) groups excluding carboxylic acids is 1. The molecule has 0 bridgehead atoms. The molecule has 0 radical (unpaired) electrons. The average Bonchev–Trinajstić information content (AvgIpc) is 1.97. The van der Waals surface area contributed by atoms with Crippen LogP contribution in [0.1, 0.15) is 39.5 Å². The summed E-state index contributed by atoms with van der Waals surface area (Å²) in [6, 6.07) is 0. The molecule has 2 heteroatoms. The number of ketones is 1. The number of unbranched alkanes of at least 4 members (excludes halogenated alkanes) is 2. The minimum absolute atomic E-state index is 0.243. The molecule has 2 nitrogen and oxygen atoms in total. The van der Waals surface area contributed by atoms with Gasteiger partial charge in [-0.05, 0) is 39.3 Å². The first-order valence-corrected chi connectivity index (χ1v) is 4.54. The standard InChI is InChI=1S/C10H19NO/c1-9(2)8-10(12)6-4-3-5-7-11/h8H,3-7,11H2,1-2H3. The zero-order valence-electron chi connectivity index (χ0n) is 8.10. The molecular weight excluding hydrogens is 150 g/mol. The molecule has 0 saturated carbocycles. The van der Waals surface area contributed by atoms with Crippen LogP contribution in [0.25, 0.3) is 0 Å². The third kappa shape index (κ3) is 7.48. The Morgan fingerprint density at radius 3 is 2.42 bits per heavy atom. The zero-order chi connectivity index (χ0) is 9.40. The minimum Gasteiger partial charge on any atom is -0.330 e. The molecule has 2 N–H and O–H groups in total. The molecule has 0 spiro atoms. The fraction of sp³-hybridized carbons (Fsp3) is 0.700. The van der Waals surface area contributed by atoms with Crippen molar-refractivity contribution in [1.82, 2.24) is 0 Å². The van der Waals surface area contributed by atoms with Gasteiger partial charge in [-0.25, -0.2) is 0 Å². The van der Waals surface area contributed by atoms with Gasteiger partial charge >= 0.3 is 0 Å². The van der Waals surface area contributed by atoms with Gasteiger partial charge in [0, 0.05) is 6.42 Å². The molecule has 0 aromatic heterocycles. The van der Waals surface area contributed by atoms with Crippen molar-refractivity contribution < 1.29 is 4.79 Å². The first kappa shape index (κ1) is 11.4. The minimum atomic E-state index is 0.243. The highest BCUT2D eigenvalue weighted by atomic mass is 16.1. The molecule has 0 aliphatic carbocycles. The maximum Gasteiger partial charge on any atom is 0.155 e. The molecule has 0 rings (SSSR count). The lowest BCUT2D eigenvalue weighted by molar-refractivity contribution is -0.114. The van der Waals surface area contributed by atoms with Crippen LogP contribution >= 0.6 is 0 Å². The van der Waals surface area contributed by atoms with Crippen LogP contribution in [0, 0.1) is 0 Å². The third-order valence-corrected chi connectivity index (χ3v) is 1.58. The van der Waals surface area contributed by atoms with Gasteiger partial charge in [0.15, 0.2) is 5.78 Å². The fourth-order valence-corrected chi connectivity index (χ4v) is 1.01. The number of nitrogens with two attached hydrogens (primary N) is 1. The van der Waals surface area contributed by atoms with E-state index in [9.17, 15) is 4.79 Å². The number of rotatable bonds is 6. The topological polar surface area (TPSA) is 43.1 Å². The van der Waals surface area contributed by atoms with E-state index in [-0.39, 0.29) is 5.78 Å². The van der Waals surface area contributed by atoms with Crippen LogP contribution in [-0.2, 0) is 4.79 Å². The van der Waals surface area contributed by atoms with Gasteiger partial charge in [0.05, 0.1) is 0 Å². The highest BCUT2D eigenvalue weighted by molar-refractivity contribution is 5.90. The summed E-state index contributed by atoms with van der Waals surface area (Å²) < 4.78 is 0. The van der Waals surface area contributed by atoms with Crippen LogP contribution in [0.4, 0.5) is 0 Å². The predicted molar refractivity (Wildman–Crippen MR) is 52.0 cm³/mol. The maximum atomic E-state index is 11.1. The van der Waals surface area contributed by atoms with E-state index in [0.29, 0.717) is 6.42 Å². The van der Waals surface area contributed by atoms with Crippen molar-refractivity contribution in [2.45, 2.75) is 39.5 Å². The molecule has 12 heavy (non-hydrogen) atoms. The summed E-state index contributed by atoms with van der Waals surface area (Å²) in [7, 11) is 0. The van der Waals surface area contributed by atoms with Crippen LogP contribution in [-0.4, -0.2) is 12.3 Å². The van der Waals surface area contributed by atoms with Gasteiger partial charge in [0.1, 0.15) is 0 Å². The lowest BCUT2D eigenvalue weighted by Gasteiger charge is -1.96. The molecule has 0 saturated heterocycles. The summed E-state index contributed by atoms with van der Waals surface area (Å²) in [6.07, 6.45) is 5.45. The molecule has 0 atom stereocenters. The number of allylic oxidation sites excluding steroid dienone is 2. The van der Waals surface area contributed by atoms with Crippen molar-refractivity contribution in [2.75, 3.05) is 6.54 Å². The van der Waals surface area contributed by atoms with Gasteiger partial charge in [0.2, 0.25) is 0 Å². The van der Waals surface area contributed by atoms with E-state index >= 15 is 0 Å². The lowest BCUT2D eigenvalue weighted by atomic mass is 10.1. The van der Waals surface area contributed by atoms with E-state index in [1.807, 2.05) is 13.8 Å². The van der Waals surface area contributed by atoms with Crippen LogP contribution in [0.15, 0.2) is 11.6 Å². The van der Waals surface area contributed by atoms with Crippen molar-refractivity contribution >= 4 is 5.78 Å². The third-order valence-electron chi connectivity index (χ3n) is 1.58. The van der Waals surface area contributed by atoms with E-state index in [4.69, 9.17) is 5.73 Å². The van der Waals surface area contributed by atoms with Crippen LogP contribution in [0.2, 0.25) is 0 Å². The highest BCUT2D eigenvalue weighted by Crippen LogP contribution is 2.01. The SMILES string of the molecule is CC(C)=CC(=O)CCCCCN. The molecule has 70 valence electrons. The van der Waals surface area contributed by atoms with Crippen molar-refractivity contribution in [3.05, 3.63) is 11.6 Å². The second-order valence-electron chi connectivity index (χ2n) is 3.29. The molecule has 0 aliphatic heterocycles. The van der Waals surface area contributed by atoms with Gasteiger partial charge in [-0.1, -0.05) is 12.0 Å². The van der Waals surface area contributed by atoms with Gasteiger partial charge in [-0.15, -0.1) is 0 Å². The quantitative estimate of drug-likeness (QED) is 0.488. The van der Waals surface area contributed by atoms with Crippen molar-refractivity contribution in [1.29, 1.82) is 0 Å². The molecule has 0 aromatic rings. The average molecular weight is 169 g/mol. The molecule has 0 heterocycles. The molecule has 0 unspecified atom stereocenters. The fourth-order valence-electron chi connectivity index (χ4n) is 1.01. The Bertz CT molecular complexity index is 157. The maximum absolute atomic E-state index is 11.1. The Kier molecular flexibility index (Phi) is 6.67. The molecule has 0 fully saturated rings. The monoisotopic (exact) mass is 169 g/mol. The Labute approximate surface area is 74.8 Å². The predicted octanol–water partition coefficient (Wildman–Crippen LogP) is 2.04. The normalized spacial score (nSPS) is 9.58. The van der Waals surface area contributed by atoms with Gasteiger partial charge < -0.3 is 5.73 Å². The van der Waals surface area contributed by atoms with Crippen molar-refractivity contribution in [3.8, 4) is 0 Å². The first-order chi connectivity index (χ1) is 5.66. The van der Waals surface area contributed by atoms with Crippen LogP contribution in [0.3, 0.4) is 0 Å². The second-order valence-corrected chi connectivity index (χ2v) is 3.29. The van der Waals surface area contributed by atoms with E-state index in [0.717, 1.165) is 31.4 Å². The largest absolute Gasteiger partial charge is 0.330 e.